The molecule has 2 heterocycles. The molecule has 0 aliphatic heterocycles. The largest absolute Gasteiger partial charge is 0.321 e. The van der Waals surface area contributed by atoms with Crippen LogP contribution in [0.25, 0.3) is 10.9 Å². The summed E-state index contributed by atoms with van der Waals surface area (Å²) < 4.78 is 0. The Balaban J connectivity index is 1.81. The van der Waals surface area contributed by atoms with E-state index < -0.39 is 0 Å². The summed E-state index contributed by atoms with van der Waals surface area (Å²) in [6.07, 6.45) is 3.18. The molecule has 0 radical (unpaired) electrons. The summed E-state index contributed by atoms with van der Waals surface area (Å²) >= 11 is 0. The summed E-state index contributed by atoms with van der Waals surface area (Å²) in [4.78, 5) is 34.9. The van der Waals surface area contributed by atoms with Crippen LogP contribution in [0.1, 0.15) is 32.6 Å². The fourth-order valence-corrected chi connectivity index (χ4v) is 3.54. The third-order valence-corrected chi connectivity index (χ3v) is 5.45. The summed E-state index contributed by atoms with van der Waals surface area (Å²) in [6, 6.07) is 17.1. The number of para-hydroxylation sites is 1. The molecule has 1 amide bonds. The minimum atomic E-state index is -0.199. The van der Waals surface area contributed by atoms with Crippen LogP contribution in [-0.2, 0) is 6.54 Å². The average Bonchev–Trinajstić information content (AvgIpc) is 2.75. The number of rotatable bonds is 4. The molecule has 0 aliphatic carbocycles. The van der Waals surface area contributed by atoms with E-state index in [4.69, 9.17) is 0 Å². The SMILES string of the molecule is Cc1ccc(N(Cc2cc3cccc(C)c3[nH]c2=O)C(=O)c2cccnc2)cc1C. The number of carbonyl (C=O) groups is 1. The number of aromatic nitrogens is 2. The average molecular weight is 397 g/mol. The molecule has 0 bridgehead atoms. The third-order valence-electron chi connectivity index (χ3n) is 5.45. The Kier molecular flexibility index (Phi) is 5.19. The molecule has 0 unspecified atom stereocenters. The van der Waals surface area contributed by atoms with Crippen molar-refractivity contribution < 1.29 is 4.79 Å². The fraction of sp³-hybridized carbons (Fsp3) is 0.160. The van der Waals surface area contributed by atoms with E-state index in [2.05, 4.69) is 9.97 Å². The van der Waals surface area contributed by atoms with Gasteiger partial charge in [0.2, 0.25) is 0 Å². The highest BCUT2D eigenvalue weighted by atomic mass is 16.2. The molecular formula is C25H23N3O2. The number of anilines is 1. The first-order valence-corrected chi connectivity index (χ1v) is 9.85. The molecule has 0 spiro atoms. The minimum absolute atomic E-state index is 0.162. The zero-order valence-corrected chi connectivity index (χ0v) is 17.3. The predicted octanol–water partition coefficient (Wildman–Crippen LogP) is 4.70. The lowest BCUT2D eigenvalue weighted by Crippen LogP contribution is -2.33. The smallest absolute Gasteiger partial charge is 0.260 e. The van der Waals surface area contributed by atoms with Gasteiger partial charge < -0.3 is 9.88 Å². The third kappa shape index (κ3) is 3.74. The van der Waals surface area contributed by atoms with Gasteiger partial charge in [-0.05, 0) is 73.2 Å². The van der Waals surface area contributed by atoms with Crippen LogP contribution in [0.5, 0.6) is 0 Å². The summed E-state index contributed by atoms with van der Waals surface area (Å²) in [5.41, 5.74) is 5.62. The molecule has 0 saturated carbocycles. The van der Waals surface area contributed by atoms with Crippen molar-refractivity contribution in [1.29, 1.82) is 0 Å². The van der Waals surface area contributed by atoms with Crippen molar-refractivity contribution in [2.75, 3.05) is 4.90 Å². The molecule has 0 aliphatic rings. The predicted molar refractivity (Wildman–Crippen MR) is 120 cm³/mol. The van der Waals surface area contributed by atoms with Gasteiger partial charge in [-0.2, -0.15) is 0 Å². The lowest BCUT2D eigenvalue weighted by molar-refractivity contribution is 0.0984. The lowest BCUT2D eigenvalue weighted by atomic mass is 10.1. The number of nitrogens with one attached hydrogen (secondary N) is 1. The first-order valence-electron chi connectivity index (χ1n) is 9.85. The van der Waals surface area contributed by atoms with E-state index in [1.165, 1.54) is 0 Å². The van der Waals surface area contributed by atoms with Crippen molar-refractivity contribution in [3.63, 3.8) is 0 Å². The van der Waals surface area contributed by atoms with Gasteiger partial charge in [-0.3, -0.25) is 14.6 Å². The topological polar surface area (TPSA) is 66.1 Å². The Morgan fingerprint density at radius 1 is 0.967 bits per heavy atom. The Morgan fingerprint density at radius 2 is 1.80 bits per heavy atom. The second-order valence-corrected chi connectivity index (χ2v) is 7.56. The molecule has 0 saturated heterocycles. The number of fused-ring (bicyclic) bond motifs is 1. The van der Waals surface area contributed by atoms with Gasteiger partial charge in [0, 0.05) is 23.6 Å². The normalized spacial score (nSPS) is 10.9. The van der Waals surface area contributed by atoms with Crippen molar-refractivity contribution in [3.05, 3.63) is 105 Å². The Morgan fingerprint density at radius 3 is 2.53 bits per heavy atom. The Labute approximate surface area is 175 Å². The number of benzene rings is 2. The van der Waals surface area contributed by atoms with Crippen LogP contribution in [0.3, 0.4) is 0 Å². The van der Waals surface area contributed by atoms with Crippen LogP contribution in [0.2, 0.25) is 0 Å². The molecule has 2 aromatic heterocycles. The quantitative estimate of drug-likeness (QED) is 0.543. The first kappa shape index (κ1) is 19.6. The standard InChI is InChI=1S/C25H23N3O2/c1-16-9-10-22(12-18(16)3)28(25(30)20-8-5-11-26-14-20)15-21-13-19-7-4-6-17(2)23(19)27-24(21)29/h4-14H,15H2,1-3H3,(H,27,29). The van der Waals surface area contributed by atoms with E-state index in [0.29, 0.717) is 11.1 Å². The first-order chi connectivity index (χ1) is 14.4. The number of H-pyrrole nitrogens is 1. The van der Waals surface area contributed by atoms with E-state index in [9.17, 15) is 9.59 Å². The number of nitrogens with zero attached hydrogens (tertiary/aromatic N) is 2. The Bertz CT molecular complexity index is 1290. The van der Waals surface area contributed by atoms with Crippen LogP contribution in [0, 0.1) is 20.8 Å². The number of aryl methyl sites for hydroxylation is 3. The van der Waals surface area contributed by atoms with E-state index in [-0.39, 0.29) is 18.0 Å². The number of hydrogen-bond acceptors (Lipinski definition) is 3. The molecule has 4 aromatic rings. The second kappa shape index (κ2) is 7.95. The molecule has 150 valence electrons. The maximum atomic E-state index is 13.3. The van der Waals surface area contributed by atoms with Crippen molar-refractivity contribution >= 4 is 22.5 Å². The molecule has 30 heavy (non-hydrogen) atoms. The molecular weight excluding hydrogens is 374 g/mol. The zero-order chi connectivity index (χ0) is 21.3. The molecule has 1 N–H and O–H groups in total. The van der Waals surface area contributed by atoms with Crippen LogP contribution in [-0.4, -0.2) is 15.9 Å². The highest BCUT2D eigenvalue weighted by molar-refractivity contribution is 6.05. The summed E-state index contributed by atoms with van der Waals surface area (Å²) in [5.74, 6) is -0.199. The monoisotopic (exact) mass is 397 g/mol. The molecule has 4 rings (SSSR count). The van der Waals surface area contributed by atoms with E-state index in [1.807, 2.05) is 63.2 Å². The van der Waals surface area contributed by atoms with Crippen LogP contribution in [0.15, 0.2) is 71.8 Å². The van der Waals surface area contributed by atoms with Gasteiger partial charge in [-0.15, -0.1) is 0 Å². The van der Waals surface area contributed by atoms with E-state index >= 15 is 0 Å². The second-order valence-electron chi connectivity index (χ2n) is 7.56. The summed E-state index contributed by atoms with van der Waals surface area (Å²) in [5, 5.41) is 0.943. The highest BCUT2D eigenvalue weighted by Crippen LogP contribution is 2.23. The number of aromatic amines is 1. The van der Waals surface area contributed by atoms with Crippen molar-refractivity contribution in [2.45, 2.75) is 27.3 Å². The van der Waals surface area contributed by atoms with Gasteiger partial charge >= 0.3 is 0 Å². The number of pyridine rings is 2. The number of amides is 1. The van der Waals surface area contributed by atoms with Crippen molar-refractivity contribution in [2.24, 2.45) is 0 Å². The van der Waals surface area contributed by atoms with Gasteiger partial charge in [0.25, 0.3) is 11.5 Å². The molecule has 0 atom stereocenters. The van der Waals surface area contributed by atoms with Crippen molar-refractivity contribution in [3.8, 4) is 0 Å². The van der Waals surface area contributed by atoms with Crippen LogP contribution >= 0.6 is 0 Å². The molecule has 0 fully saturated rings. The van der Waals surface area contributed by atoms with Gasteiger partial charge in [0.05, 0.1) is 17.6 Å². The van der Waals surface area contributed by atoms with Crippen molar-refractivity contribution in [1.82, 2.24) is 9.97 Å². The van der Waals surface area contributed by atoms with E-state index in [0.717, 1.165) is 33.3 Å². The molecule has 5 heteroatoms. The van der Waals surface area contributed by atoms with Crippen LogP contribution in [0.4, 0.5) is 5.69 Å². The lowest BCUT2D eigenvalue weighted by Gasteiger charge is -2.24. The molecule has 2 aromatic carbocycles. The Hall–Kier alpha value is -3.73. The van der Waals surface area contributed by atoms with Gasteiger partial charge in [-0.25, -0.2) is 0 Å². The summed E-state index contributed by atoms with van der Waals surface area (Å²) in [7, 11) is 0. The summed E-state index contributed by atoms with van der Waals surface area (Å²) in [6.45, 7) is 6.17. The maximum absolute atomic E-state index is 13.3. The van der Waals surface area contributed by atoms with Crippen LogP contribution < -0.4 is 10.5 Å². The van der Waals surface area contributed by atoms with Gasteiger partial charge in [-0.1, -0.05) is 24.3 Å². The van der Waals surface area contributed by atoms with Gasteiger partial charge in [0.15, 0.2) is 0 Å². The number of carbonyl (C=O) groups excluding carboxylic acids is 1. The number of hydrogen-bond donors (Lipinski definition) is 1. The van der Waals surface area contributed by atoms with Gasteiger partial charge in [0.1, 0.15) is 0 Å². The minimum Gasteiger partial charge on any atom is -0.321 e. The highest BCUT2D eigenvalue weighted by Gasteiger charge is 2.20. The zero-order valence-electron chi connectivity index (χ0n) is 17.3. The maximum Gasteiger partial charge on any atom is 0.260 e. The fourth-order valence-electron chi connectivity index (χ4n) is 3.54. The van der Waals surface area contributed by atoms with E-state index in [1.54, 1.807) is 29.4 Å². The molecule has 5 nitrogen and oxygen atoms in total.